The fraction of sp³-hybridized carbons (Fsp3) is 0.138. The number of hydrogen-bond acceptors (Lipinski definition) is 20. The zero-order chi connectivity index (χ0) is 71.9. The standard InChI is InChI=1S/C16H16Cl2N4O2.C15H16Cl2N4O2.C14H10Cl2N4O.C10H5Cl3N2.C10H8Cl2N4/c1-3-24-16(23)6-10(2)21-22-15-8-14(19-9-20-15)11-4-5-12(17)13(18)7-11;1-15(2,3)23-14(22)21-20-13-7-12(18-8-19-13)9-4-5-10(16)11(17)6-9;1-8-4-14(21)20(19-8)13-6-12(17-7-18-13)9-2-3-10(15)11(16)5-9;11-7-2-1-6(3-8(7)12)9-4-10(13)15-5-14-9;11-7-2-1-6(3-8(7)12)9-4-10(16-13)15-5-14-9/h4-5,7-9H,3,6H2,1-2H3,(H,19,20,22);4-8H,1-3H3,(H,21,22)(H,18,19,20);2-7,19H,1H3;1-5H;1-5H,13H2,(H,14,15,16)/b21-10-;;;;. The topological polar surface area (TPSA) is 306 Å². The molecule has 0 atom stereocenters. The van der Waals surface area contributed by atoms with Crippen molar-refractivity contribution in [2.45, 2.75) is 53.6 Å². The second-order valence-electron chi connectivity index (χ2n) is 20.9. The number of nitrogens with zero attached hydrogens (tertiary/aromatic N) is 12. The van der Waals surface area contributed by atoms with E-state index in [4.69, 9.17) is 143 Å². The Bertz CT molecular complexity index is 4720. The summed E-state index contributed by atoms with van der Waals surface area (Å²) in [6.07, 6.45) is 6.52. The van der Waals surface area contributed by atoms with Crippen molar-refractivity contribution in [2.24, 2.45) is 10.9 Å². The number of aromatic nitrogens is 12. The Morgan fingerprint density at radius 1 is 0.505 bits per heavy atom. The summed E-state index contributed by atoms with van der Waals surface area (Å²) in [5, 5.41) is 12.2. The maximum atomic E-state index is 11.8. The van der Waals surface area contributed by atoms with E-state index in [2.05, 4.69) is 81.7 Å². The number of anilines is 3. The number of esters is 1. The smallest absolute Gasteiger partial charge is 0.426 e. The van der Waals surface area contributed by atoms with Crippen molar-refractivity contribution in [2.75, 3.05) is 22.9 Å². The Morgan fingerprint density at radius 3 is 1.28 bits per heavy atom. The van der Waals surface area contributed by atoms with Crippen LogP contribution in [0.2, 0.25) is 55.4 Å². The molecule has 0 aliphatic rings. The zero-order valence-electron chi connectivity index (χ0n) is 52.6. The van der Waals surface area contributed by atoms with Gasteiger partial charge in [-0.15, -0.1) is 0 Å². The molecule has 23 nitrogen and oxygen atoms in total. The van der Waals surface area contributed by atoms with Crippen LogP contribution < -0.4 is 33.1 Å². The molecular weight excluding hydrogens is 1500 g/mol. The molecule has 6 heterocycles. The van der Waals surface area contributed by atoms with Gasteiger partial charge in [0.05, 0.1) is 91.7 Å². The first-order chi connectivity index (χ1) is 47.1. The number of carbonyl (C=O) groups is 2. The van der Waals surface area contributed by atoms with Crippen LogP contribution in [0.1, 0.15) is 46.7 Å². The number of benzene rings is 5. The van der Waals surface area contributed by atoms with Gasteiger partial charge in [0.15, 0.2) is 5.82 Å². The van der Waals surface area contributed by atoms with Crippen LogP contribution in [0.4, 0.5) is 22.2 Å². The largest absolute Gasteiger partial charge is 0.466 e. The molecule has 0 fully saturated rings. The molecule has 0 spiro atoms. The number of aromatic amines is 1. The van der Waals surface area contributed by atoms with Crippen molar-refractivity contribution in [3.63, 3.8) is 0 Å². The van der Waals surface area contributed by atoms with Gasteiger partial charge in [0.2, 0.25) is 0 Å². The predicted octanol–water partition coefficient (Wildman–Crippen LogP) is 18.6. The Morgan fingerprint density at radius 2 is 0.889 bits per heavy atom. The average molecular weight is 1560 g/mol. The van der Waals surface area contributed by atoms with E-state index in [9.17, 15) is 14.4 Å². The molecule has 99 heavy (non-hydrogen) atoms. The van der Waals surface area contributed by atoms with Crippen LogP contribution in [0, 0.1) is 6.92 Å². The molecule has 0 saturated carbocycles. The number of halogens is 11. The molecule has 34 heteroatoms. The lowest BCUT2D eigenvalue weighted by molar-refractivity contribution is -0.141. The Kier molecular flexibility index (Phi) is 29.6. The molecule has 7 N–H and O–H groups in total. The SMILES string of the molecule is CC(C)(C)OC(=O)NNc1cc(-c2ccc(Cl)c(Cl)c2)ncn1.CCOC(=O)C/C(C)=N\Nc1cc(-c2ccc(Cl)c(Cl)c2)ncn1.Cc1cc(=O)n(-c2cc(-c3ccc(Cl)c(Cl)c3)ncn2)[nH]1.Clc1cc(-c2ccc(Cl)c(Cl)c2)ncn1.NNc1cc(-c2ccc(Cl)c(Cl)c2)ncn1. The second kappa shape index (κ2) is 37.6. The van der Waals surface area contributed by atoms with E-state index < -0.39 is 11.7 Å². The Labute approximate surface area is 622 Å². The van der Waals surface area contributed by atoms with Gasteiger partial charge >= 0.3 is 12.1 Å². The highest BCUT2D eigenvalue weighted by molar-refractivity contribution is 6.44. The minimum Gasteiger partial charge on any atom is -0.466 e. The molecule has 0 bridgehead atoms. The number of nitrogens with one attached hydrogen (secondary N) is 5. The van der Waals surface area contributed by atoms with E-state index in [0.717, 1.165) is 39.2 Å². The Hall–Kier alpha value is -8.53. The molecule has 1 amide bonds. The number of hydrogen-bond donors (Lipinski definition) is 6. The molecule has 0 radical (unpaired) electrons. The number of nitrogens with two attached hydrogens (primary N) is 1. The van der Waals surface area contributed by atoms with Gasteiger partial charge in [0, 0.05) is 75.6 Å². The van der Waals surface area contributed by atoms with E-state index in [0.29, 0.717) is 114 Å². The summed E-state index contributed by atoms with van der Waals surface area (Å²) in [4.78, 5) is 75.5. The first-order valence-electron chi connectivity index (χ1n) is 28.6. The summed E-state index contributed by atoms with van der Waals surface area (Å²) in [6, 6.07) is 36.2. The van der Waals surface area contributed by atoms with E-state index >= 15 is 0 Å². The van der Waals surface area contributed by atoms with E-state index in [1.165, 1.54) is 42.4 Å². The van der Waals surface area contributed by atoms with Gasteiger partial charge < -0.3 is 14.9 Å². The highest BCUT2D eigenvalue weighted by atomic mass is 35.5. The normalized spacial score (nSPS) is 10.8. The maximum Gasteiger partial charge on any atom is 0.426 e. The number of nitrogen functional groups attached to an aromatic ring is 1. The third kappa shape index (κ3) is 24.7. The molecule has 0 aliphatic heterocycles. The summed E-state index contributed by atoms with van der Waals surface area (Å²) in [7, 11) is 0. The van der Waals surface area contributed by atoms with Gasteiger partial charge in [-0.3, -0.25) is 25.5 Å². The van der Waals surface area contributed by atoms with Crippen LogP contribution in [-0.2, 0) is 14.3 Å². The first-order valence-corrected chi connectivity index (χ1v) is 32.8. The molecule has 0 aliphatic carbocycles. The number of hydrazone groups is 1. The van der Waals surface area contributed by atoms with Gasteiger partial charge in [-0.2, -0.15) is 5.10 Å². The van der Waals surface area contributed by atoms with Gasteiger partial charge in [-0.05, 0) is 102 Å². The minimum absolute atomic E-state index is 0.117. The molecule has 5 aromatic carbocycles. The summed E-state index contributed by atoms with van der Waals surface area (Å²) in [5.41, 5.74) is 18.4. The molecular formula is C65H55Cl11N18O5. The number of ether oxygens (including phenoxy) is 2. The fourth-order valence-electron chi connectivity index (χ4n) is 7.87. The van der Waals surface area contributed by atoms with Crippen LogP contribution in [-0.4, -0.2) is 89.6 Å². The fourth-order valence-corrected chi connectivity index (χ4v) is 9.50. The highest BCUT2D eigenvalue weighted by Gasteiger charge is 2.17. The number of amides is 1. The molecule has 0 saturated heterocycles. The van der Waals surface area contributed by atoms with E-state index in [1.54, 1.807) is 139 Å². The summed E-state index contributed by atoms with van der Waals surface area (Å²) >= 11 is 65.0. The van der Waals surface area contributed by atoms with E-state index in [-0.39, 0.29) is 17.9 Å². The highest BCUT2D eigenvalue weighted by Crippen LogP contribution is 2.33. The number of hydrazine groups is 2. The van der Waals surface area contributed by atoms with Gasteiger partial charge in [-0.25, -0.2) is 70.6 Å². The number of carbonyl (C=O) groups excluding carboxylic acids is 2. The van der Waals surface area contributed by atoms with Crippen molar-refractivity contribution in [3.8, 4) is 62.1 Å². The van der Waals surface area contributed by atoms with Crippen LogP contribution in [0.25, 0.3) is 62.1 Å². The summed E-state index contributed by atoms with van der Waals surface area (Å²) in [6.45, 7) is 11.0. The third-order valence-corrected chi connectivity index (χ3v) is 16.3. The van der Waals surface area contributed by atoms with E-state index in [1.807, 2.05) is 24.3 Å². The second-order valence-corrected chi connectivity index (χ2v) is 25.4. The number of rotatable bonds is 14. The van der Waals surface area contributed by atoms with Crippen molar-refractivity contribution in [1.29, 1.82) is 0 Å². The minimum atomic E-state index is -0.604. The van der Waals surface area contributed by atoms with Crippen molar-refractivity contribution >= 4 is 163 Å². The monoisotopic (exact) mass is 1550 g/mol. The van der Waals surface area contributed by atoms with Crippen LogP contribution in [0.15, 0.2) is 169 Å². The third-order valence-electron chi connectivity index (χ3n) is 12.3. The first kappa shape index (κ1) is 77.8. The maximum absolute atomic E-state index is 11.8. The molecule has 11 rings (SSSR count). The molecule has 512 valence electrons. The van der Waals surface area contributed by atoms with Crippen molar-refractivity contribution in [3.05, 3.63) is 230 Å². The predicted molar refractivity (Wildman–Crippen MR) is 396 cm³/mol. The molecule has 11 aromatic rings. The van der Waals surface area contributed by atoms with Gasteiger partial charge in [0.1, 0.15) is 59.8 Å². The van der Waals surface area contributed by atoms with Crippen LogP contribution >= 0.6 is 128 Å². The number of aryl methyl sites for hydroxylation is 1. The zero-order valence-corrected chi connectivity index (χ0v) is 60.9. The van der Waals surface area contributed by atoms with Crippen molar-refractivity contribution in [1.82, 2.24) is 65.0 Å². The lowest BCUT2D eigenvalue weighted by Gasteiger charge is -2.19. The quantitative estimate of drug-likeness (QED) is 0.0194. The molecule has 0 unspecified atom stereocenters. The van der Waals surface area contributed by atoms with Crippen LogP contribution in [0.3, 0.4) is 0 Å². The number of H-pyrrole nitrogens is 1. The van der Waals surface area contributed by atoms with Gasteiger partial charge in [-0.1, -0.05) is 158 Å². The Balaban J connectivity index is 0.000000176. The lowest BCUT2D eigenvalue weighted by atomic mass is 10.1. The van der Waals surface area contributed by atoms with Crippen LogP contribution in [0.5, 0.6) is 0 Å². The van der Waals surface area contributed by atoms with Gasteiger partial charge in [0.25, 0.3) is 5.56 Å². The average Bonchev–Trinajstić information content (AvgIpc) is 1.79. The molecule has 6 aromatic heterocycles. The van der Waals surface area contributed by atoms with Crippen molar-refractivity contribution < 1.29 is 19.1 Å². The summed E-state index contributed by atoms with van der Waals surface area (Å²) in [5.74, 6) is 6.85. The summed E-state index contributed by atoms with van der Waals surface area (Å²) < 4.78 is 11.3. The lowest BCUT2D eigenvalue weighted by Crippen LogP contribution is -2.36.